The molecule has 0 saturated carbocycles. The highest BCUT2D eigenvalue weighted by Gasteiger charge is 2.42. The second-order valence-electron chi connectivity index (χ2n) is 24.9. The second kappa shape index (κ2) is 23.1. The summed E-state index contributed by atoms with van der Waals surface area (Å²) in [4.78, 5) is 2.40. The fourth-order valence-corrected chi connectivity index (χ4v) is 14.5. The van der Waals surface area contributed by atoms with Crippen LogP contribution in [-0.2, 0) is 11.8 Å². The first-order chi connectivity index (χ1) is 40.6. The summed E-state index contributed by atoms with van der Waals surface area (Å²) in [6.07, 6.45) is 21.7. The number of ether oxygens (including phenoxy) is 1. The number of fused-ring (bicyclic) bond motifs is 11. The first kappa shape index (κ1) is 54.4. The van der Waals surface area contributed by atoms with Crippen LogP contribution in [0.4, 0.5) is 17.1 Å². The zero-order chi connectivity index (χ0) is 56.8. The van der Waals surface area contributed by atoms with Crippen molar-refractivity contribution >= 4 is 60.7 Å². The predicted molar refractivity (Wildman–Crippen MR) is 355 cm³/mol. The fraction of sp³-hybridized carbons (Fsp3) is 0.316. The Kier molecular flexibility index (Phi) is 15.1. The summed E-state index contributed by atoms with van der Waals surface area (Å²) < 4.78 is 12.1. The zero-order valence-electron chi connectivity index (χ0n) is 50.4. The van der Waals surface area contributed by atoms with Crippen molar-refractivity contribution in [2.24, 2.45) is 0 Å². The molecule has 4 nitrogen and oxygen atoms in total. The van der Waals surface area contributed by atoms with E-state index in [2.05, 4.69) is 232 Å². The Bertz CT molecular complexity index is 4130. The van der Waals surface area contributed by atoms with Gasteiger partial charge < -0.3 is 18.8 Å². The van der Waals surface area contributed by atoms with Gasteiger partial charge in [0.1, 0.15) is 0 Å². The average molecular weight is 1090 g/mol. The van der Waals surface area contributed by atoms with Crippen molar-refractivity contribution in [2.75, 3.05) is 4.90 Å². The summed E-state index contributed by atoms with van der Waals surface area (Å²) in [6.45, 7) is 15.8. The molecule has 0 N–H and O–H groups in total. The van der Waals surface area contributed by atoms with E-state index >= 15 is 0 Å². The molecule has 1 aliphatic carbocycles. The lowest BCUT2D eigenvalue weighted by Gasteiger charge is -2.33. The van der Waals surface area contributed by atoms with E-state index in [1.807, 2.05) is 0 Å². The van der Waals surface area contributed by atoms with Crippen LogP contribution in [0, 0.1) is 27.7 Å². The Morgan fingerprint density at radius 1 is 0.349 bits per heavy atom. The molecule has 0 bridgehead atoms. The molecular formula is C79H83N3O. The van der Waals surface area contributed by atoms with Crippen LogP contribution in [0.5, 0.6) is 11.5 Å². The number of rotatable bonds is 21. The molecule has 2 aromatic heterocycles. The van der Waals surface area contributed by atoms with Gasteiger partial charge in [-0.15, -0.1) is 0 Å². The lowest BCUT2D eigenvalue weighted by atomic mass is 9.70. The van der Waals surface area contributed by atoms with E-state index in [4.69, 9.17) is 4.74 Å². The molecule has 0 atom stereocenters. The molecule has 1 aliphatic heterocycles. The topological polar surface area (TPSA) is 22.3 Å². The van der Waals surface area contributed by atoms with Gasteiger partial charge in [0, 0.05) is 44.8 Å². The highest BCUT2D eigenvalue weighted by Crippen LogP contribution is 2.56. The Labute approximate surface area is 493 Å². The minimum absolute atomic E-state index is 0.0210. The Hall–Kier alpha value is -7.82. The summed E-state index contributed by atoms with van der Waals surface area (Å²) in [6, 6.07) is 65.6. The Morgan fingerprint density at radius 3 is 1.29 bits per heavy atom. The molecule has 0 fully saturated rings. The molecular weight excluding hydrogens is 1010 g/mol. The van der Waals surface area contributed by atoms with Crippen LogP contribution in [0.25, 0.3) is 77.2 Å². The number of unbranched alkanes of at least 4 members (excludes halogenated alkanes) is 11. The van der Waals surface area contributed by atoms with Gasteiger partial charge in [0.25, 0.3) is 0 Å². The van der Waals surface area contributed by atoms with Gasteiger partial charge in [-0.2, -0.15) is 0 Å². The van der Waals surface area contributed by atoms with Gasteiger partial charge in [-0.05, 0) is 183 Å². The van der Waals surface area contributed by atoms with E-state index in [9.17, 15) is 0 Å². The Balaban J connectivity index is 0.909. The SMILES string of the molecule is CCCCCCCCC1(CCCCCCCC)c2cc(C)ccc2-c2ccc(-c3ccc4c(c3)c3cc(C)ccc3n4-c3ccc4c(c3)Oc3cc(-n5c6ccc(C)cc6c6cc(C)ccc65)ccc3N4c3ccc(CCCC)cc3)cc21. The van der Waals surface area contributed by atoms with Crippen molar-refractivity contribution in [3.05, 3.63) is 209 Å². The molecule has 2 aliphatic rings. The normalized spacial score (nSPS) is 13.3. The van der Waals surface area contributed by atoms with Gasteiger partial charge in [0.15, 0.2) is 11.5 Å². The summed E-state index contributed by atoms with van der Waals surface area (Å²) >= 11 is 0. The number of benzene rings is 9. The van der Waals surface area contributed by atoms with Gasteiger partial charge in [0.2, 0.25) is 0 Å². The van der Waals surface area contributed by atoms with Gasteiger partial charge in [0.05, 0.1) is 44.8 Å². The van der Waals surface area contributed by atoms with Crippen LogP contribution in [-0.4, -0.2) is 9.13 Å². The Morgan fingerprint density at radius 2 is 0.759 bits per heavy atom. The highest BCUT2D eigenvalue weighted by molar-refractivity contribution is 6.12. The van der Waals surface area contributed by atoms with Crippen LogP contribution < -0.4 is 9.64 Å². The molecule has 0 spiro atoms. The van der Waals surface area contributed by atoms with Crippen molar-refractivity contribution in [3.63, 3.8) is 0 Å². The maximum atomic E-state index is 7.27. The van der Waals surface area contributed by atoms with E-state index < -0.39 is 0 Å². The van der Waals surface area contributed by atoms with E-state index in [1.165, 1.54) is 196 Å². The molecule has 0 amide bonds. The molecule has 11 aromatic rings. The van der Waals surface area contributed by atoms with Crippen LogP contribution in [0.1, 0.15) is 162 Å². The molecule has 83 heavy (non-hydrogen) atoms. The number of aryl methyl sites for hydroxylation is 5. The third kappa shape index (κ3) is 10.0. The van der Waals surface area contributed by atoms with E-state index in [-0.39, 0.29) is 5.41 Å². The largest absolute Gasteiger partial charge is 0.453 e. The number of aromatic nitrogens is 2. The molecule has 0 saturated heterocycles. The summed E-state index contributed by atoms with van der Waals surface area (Å²) in [5.41, 5.74) is 25.2. The molecule has 3 heterocycles. The zero-order valence-corrected chi connectivity index (χ0v) is 50.4. The van der Waals surface area contributed by atoms with Crippen LogP contribution in [0.3, 0.4) is 0 Å². The first-order valence-corrected chi connectivity index (χ1v) is 31.8. The van der Waals surface area contributed by atoms with Crippen molar-refractivity contribution < 1.29 is 4.74 Å². The molecule has 420 valence electrons. The molecule has 4 heteroatoms. The third-order valence-corrected chi connectivity index (χ3v) is 18.9. The van der Waals surface area contributed by atoms with Crippen molar-refractivity contribution in [1.82, 2.24) is 9.13 Å². The van der Waals surface area contributed by atoms with Crippen molar-refractivity contribution in [1.29, 1.82) is 0 Å². The van der Waals surface area contributed by atoms with Crippen LogP contribution in [0.15, 0.2) is 170 Å². The second-order valence-corrected chi connectivity index (χ2v) is 24.9. The van der Waals surface area contributed by atoms with E-state index in [0.29, 0.717) is 0 Å². The maximum absolute atomic E-state index is 7.27. The summed E-state index contributed by atoms with van der Waals surface area (Å²) in [5, 5.41) is 5.06. The minimum Gasteiger partial charge on any atom is -0.453 e. The van der Waals surface area contributed by atoms with Crippen LogP contribution in [0.2, 0.25) is 0 Å². The highest BCUT2D eigenvalue weighted by atomic mass is 16.5. The number of anilines is 3. The standard InChI is InChI=1S/C79H83N3O/c1-8-11-14-16-18-20-43-79(44-21-19-17-15-12-9-2)69-48-56(7)23-35-63(69)64-36-29-59(50-70(64)79)58-30-40-74-68(49-58)67-47-55(6)26-39-73(67)82(74)62-34-42-76-78(52-62)83-77-51-61(33-41-75(77)80(76)60-31-27-57(28-32-60)22-13-10-3)81-71-37-24-53(4)45-65(71)66-46-54(5)25-38-72(66)81/h23-42,45-52H,8-22,43-44H2,1-7H3. The summed E-state index contributed by atoms with van der Waals surface area (Å²) in [5.74, 6) is 1.66. The van der Waals surface area contributed by atoms with Crippen molar-refractivity contribution in [3.8, 4) is 45.1 Å². The lowest BCUT2D eigenvalue weighted by molar-refractivity contribution is 0.398. The molecule has 0 unspecified atom stereocenters. The number of nitrogens with zero attached hydrogens (tertiary/aromatic N) is 3. The van der Waals surface area contributed by atoms with E-state index in [1.54, 1.807) is 11.1 Å². The maximum Gasteiger partial charge on any atom is 0.153 e. The minimum atomic E-state index is 0.0210. The predicted octanol–water partition coefficient (Wildman–Crippen LogP) is 23.5. The van der Waals surface area contributed by atoms with Gasteiger partial charge in [-0.1, -0.05) is 193 Å². The fourth-order valence-electron chi connectivity index (χ4n) is 14.5. The number of hydrogen-bond acceptors (Lipinski definition) is 2. The van der Waals surface area contributed by atoms with Gasteiger partial charge in [-0.25, -0.2) is 0 Å². The van der Waals surface area contributed by atoms with Crippen LogP contribution >= 0.6 is 0 Å². The molecule has 9 aromatic carbocycles. The number of hydrogen-bond donors (Lipinski definition) is 0. The van der Waals surface area contributed by atoms with Gasteiger partial charge >= 0.3 is 0 Å². The molecule has 13 rings (SSSR count). The first-order valence-electron chi connectivity index (χ1n) is 31.8. The quantitative estimate of drug-likeness (QED) is 0.0669. The van der Waals surface area contributed by atoms with Crippen molar-refractivity contribution in [2.45, 2.75) is 163 Å². The average Bonchev–Trinajstić information content (AvgIpc) is 2.56. The smallest absolute Gasteiger partial charge is 0.153 e. The molecule has 0 radical (unpaired) electrons. The summed E-state index contributed by atoms with van der Waals surface area (Å²) in [7, 11) is 0. The third-order valence-electron chi connectivity index (χ3n) is 18.9. The van der Waals surface area contributed by atoms with Gasteiger partial charge in [-0.3, -0.25) is 0 Å². The lowest BCUT2D eigenvalue weighted by Crippen LogP contribution is -2.25. The van der Waals surface area contributed by atoms with E-state index in [0.717, 1.165) is 46.4 Å². The monoisotopic (exact) mass is 1090 g/mol.